The van der Waals surface area contributed by atoms with Crippen LogP contribution >= 0.6 is 23.1 Å². The fourth-order valence-electron chi connectivity index (χ4n) is 1.54. The molecule has 0 aliphatic rings. The number of anilines is 1. The van der Waals surface area contributed by atoms with E-state index in [-0.39, 0.29) is 10.6 Å². The lowest BCUT2D eigenvalue weighted by molar-refractivity contribution is -0.384. The summed E-state index contributed by atoms with van der Waals surface area (Å²) in [5, 5.41) is 22.9. The van der Waals surface area contributed by atoms with Crippen LogP contribution in [0.15, 0.2) is 28.6 Å². The van der Waals surface area contributed by atoms with Crippen LogP contribution < -0.4 is 5.32 Å². The summed E-state index contributed by atoms with van der Waals surface area (Å²) in [6.07, 6.45) is 0. The van der Waals surface area contributed by atoms with Gasteiger partial charge in [-0.1, -0.05) is 49.1 Å². The molecular formula is C13H16N4O2S2. The van der Waals surface area contributed by atoms with Gasteiger partial charge in [0.25, 0.3) is 5.69 Å². The molecule has 0 unspecified atom stereocenters. The lowest BCUT2D eigenvalue weighted by atomic mass is 10.2. The summed E-state index contributed by atoms with van der Waals surface area (Å²) in [6, 6.07) is 6.65. The van der Waals surface area contributed by atoms with Crippen molar-refractivity contribution in [2.45, 2.75) is 23.9 Å². The minimum absolute atomic E-state index is 0.115. The highest BCUT2D eigenvalue weighted by molar-refractivity contribution is 8.00. The van der Waals surface area contributed by atoms with E-state index < -0.39 is 0 Å². The maximum absolute atomic E-state index is 10.7. The first-order valence-corrected chi connectivity index (χ1v) is 8.28. The Morgan fingerprint density at radius 3 is 2.95 bits per heavy atom. The molecule has 112 valence electrons. The first-order valence-electron chi connectivity index (χ1n) is 6.48. The average Bonchev–Trinajstić information content (AvgIpc) is 2.91. The molecule has 1 N–H and O–H groups in total. The third-order valence-electron chi connectivity index (χ3n) is 2.55. The SMILES string of the molecule is CC(C)CNc1nnc(SCc2cccc([N+](=O)[O-])c2)s1. The van der Waals surface area contributed by atoms with E-state index in [1.807, 2.05) is 6.07 Å². The zero-order valence-electron chi connectivity index (χ0n) is 11.8. The van der Waals surface area contributed by atoms with Crippen LogP contribution in [0.4, 0.5) is 10.8 Å². The van der Waals surface area contributed by atoms with E-state index in [2.05, 4.69) is 29.4 Å². The van der Waals surface area contributed by atoms with Gasteiger partial charge in [0.1, 0.15) is 0 Å². The third-order valence-corrected chi connectivity index (χ3v) is 4.64. The molecule has 0 saturated carbocycles. The molecule has 0 amide bonds. The Balaban J connectivity index is 1.91. The van der Waals surface area contributed by atoms with Crippen LogP contribution in [-0.4, -0.2) is 21.7 Å². The Hall–Kier alpha value is -1.67. The molecule has 21 heavy (non-hydrogen) atoms. The van der Waals surface area contributed by atoms with E-state index in [1.165, 1.54) is 29.2 Å². The van der Waals surface area contributed by atoms with Crippen molar-refractivity contribution in [1.82, 2.24) is 10.2 Å². The number of non-ortho nitro benzene ring substituents is 1. The molecule has 0 aliphatic heterocycles. The summed E-state index contributed by atoms with van der Waals surface area (Å²) >= 11 is 3.03. The van der Waals surface area contributed by atoms with Gasteiger partial charge < -0.3 is 5.32 Å². The molecule has 0 radical (unpaired) electrons. The van der Waals surface area contributed by atoms with Crippen LogP contribution in [0.3, 0.4) is 0 Å². The number of nitro groups is 1. The van der Waals surface area contributed by atoms with E-state index >= 15 is 0 Å². The summed E-state index contributed by atoms with van der Waals surface area (Å²) in [7, 11) is 0. The summed E-state index contributed by atoms with van der Waals surface area (Å²) in [4.78, 5) is 10.3. The van der Waals surface area contributed by atoms with Crippen molar-refractivity contribution in [1.29, 1.82) is 0 Å². The maximum atomic E-state index is 10.7. The first-order chi connectivity index (χ1) is 10.0. The molecule has 0 spiro atoms. The molecule has 6 nitrogen and oxygen atoms in total. The van der Waals surface area contributed by atoms with Crippen molar-refractivity contribution in [3.05, 3.63) is 39.9 Å². The minimum atomic E-state index is -0.382. The highest BCUT2D eigenvalue weighted by Gasteiger charge is 2.08. The molecule has 8 heteroatoms. The number of nitrogens with zero attached hydrogens (tertiary/aromatic N) is 3. The van der Waals surface area contributed by atoms with Crippen LogP contribution in [0.1, 0.15) is 19.4 Å². The number of nitro benzene ring substituents is 1. The van der Waals surface area contributed by atoms with Gasteiger partial charge >= 0.3 is 0 Å². The predicted molar refractivity (Wildman–Crippen MR) is 85.9 cm³/mol. The number of rotatable bonds is 7. The highest BCUT2D eigenvalue weighted by atomic mass is 32.2. The smallest absolute Gasteiger partial charge is 0.269 e. The minimum Gasteiger partial charge on any atom is -0.360 e. The molecule has 0 saturated heterocycles. The van der Waals surface area contributed by atoms with E-state index in [4.69, 9.17) is 0 Å². The van der Waals surface area contributed by atoms with Gasteiger partial charge in [0.2, 0.25) is 5.13 Å². The van der Waals surface area contributed by atoms with E-state index in [0.717, 1.165) is 21.6 Å². The summed E-state index contributed by atoms with van der Waals surface area (Å²) in [5.74, 6) is 1.19. The molecule has 1 heterocycles. The van der Waals surface area contributed by atoms with Gasteiger partial charge in [-0.2, -0.15) is 0 Å². The Labute approximate surface area is 131 Å². The van der Waals surface area contributed by atoms with Gasteiger partial charge in [-0.3, -0.25) is 10.1 Å². The van der Waals surface area contributed by atoms with Crippen molar-refractivity contribution in [2.24, 2.45) is 5.92 Å². The first kappa shape index (κ1) is 15.7. The van der Waals surface area contributed by atoms with Crippen molar-refractivity contribution in [3.63, 3.8) is 0 Å². The van der Waals surface area contributed by atoms with Crippen LogP contribution in [0.25, 0.3) is 0 Å². The van der Waals surface area contributed by atoms with Crippen LogP contribution in [0.5, 0.6) is 0 Å². The normalized spacial score (nSPS) is 10.8. The Morgan fingerprint density at radius 1 is 1.43 bits per heavy atom. The van der Waals surface area contributed by atoms with Crippen molar-refractivity contribution >= 4 is 33.9 Å². The van der Waals surface area contributed by atoms with Crippen molar-refractivity contribution in [2.75, 3.05) is 11.9 Å². The lowest BCUT2D eigenvalue weighted by Crippen LogP contribution is -2.07. The van der Waals surface area contributed by atoms with Crippen LogP contribution in [-0.2, 0) is 5.75 Å². The molecule has 0 aliphatic carbocycles. The number of thioether (sulfide) groups is 1. The standard InChI is InChI=1S/C13H16N4O2S2/c1-9(2)7-14-12-15-16-13(21-12)20-8-10-4-3-5-11(6-10)17(18)19/h3-6,9H,7-8H2,1-2H3,(H,14,15). The Bertz CT molecular complexity index is 616. The molecule has 1 aromatic heterocycles. The lowest BCUT2D eigenvalue weighted by Gasteiger charge is -2.03. The van der Waals surface area contributed by atoms with Crippen LogP contribution in [0.2, 0.25) is 0 Å². The molecule has 0 bridgehead atoms. The molecule has 2 aromatic rings. The quantitative estimate of drug-likeness (QED) is 0.474. The van der Waals surface area contributed by atoms with E-state index in [1.54, 1.807) is 12.1 Å². The number of nitrogens with one attached hydrogen (secondary N) is 1. The summed E-state index contributed by atoms with van der Waals surface area (Å²) in [5.41, 5.74) is 1.02. The molecule has 1 aromatic carbocycles. The number of hydrogen-bond acceptors (Lipinski definition) is 7. The zero-order chi connectivity index (χ0) is 15.2. The fourth-order valence-corrected chi connectivity index (χ4v) is 3.24. The van der Waals surface area contributed by atoms with E-state index in [9.17, 15) is 10.1 Å². The number of aromatic nitrogens is 2. The molecule has 0 atom stereocenters. The predicted octanol–water partition coefficient (Wildman–Crippen LogP) is 3.81. The second kappa shape index (κ2) is 7.37. The molecule has 2 rings (SSSR count). The fraction of sp³-hybridized carbons (Fsp3) is 0.385. The highest BCUT2D eigenvalue weighted by Crippen LogP contribution is 2.29. The second-order valence-electron chi connectivity index (χ2n) is 4.86. The summed E-state index contributed by atoms with van der Waals surface area (Å²) < 4.78 is 0.854. The number of hydrogen-bond donors (Lipinski definition) is 1. The monoisotopic (exact) mass is 324 g/mol. The van der Waals surface area contributed by atoms with Crippen molar-refractivity contribution < 1.29 is 4.92 Å². The van der Waals surface area contributed by atoms with Gasteiger partial charge in [0.15, 0.2) is 4.34 Å². The molecular weight excluding hydrogens is 308 g/mol. The molecule has 0 fully saturated rings. The average molecular weight is 324 g/mol. The second-order valence-corrected chi connectivity index (χ2v) is 7.06. The van der Waals surface area contributed by atoms with Crippen molar-refractivity contribution in [3.8, 4) is 0 Å². The number of benzene rings is 1. The zero-order valence-corrected chi connectivity index (χ0v) is 13.4. The van der Waals surface area contributed by atoms with Gasteiger partial charge in [-0.25, -0.2) is 0 Å². The van der Waals surface area contributed by atoms with Gasteiger partial charge in [0.05, 0.1) is 4.92 Å². The summed E-state index contributed by atoms with van der Waals surface area (Å²) in [6.45, 7) is 5.13. The third kappa shape index (κ3) is 4.98. The Morgan fingerprint density at radius 2 is 2.24 bits per heavy atom. The largest absolute Gasteiger partial charge is 0.360 e. The van der Waals surface area contributed by atoms with Gasteiger partial charge in [-0.15, -0.1) is 10.2 Å². The topological polar surface area (TPSA) is 81.0 Å². The van der Waals surface area contributed by atoms with E-state index in [0.29, 0.717) is 11.7 Å². The maximum Gasteiger partial charge on any atom is 0.269 e. The van der Waals surface area contributed by atoms with Crippen LogP contribution in [0, 0.1) is 16.0 Å². The Kier molecular flexibility index (Phi) is 5.51. The van der Waals surface area contributed by atoms with Gasteiger partial charge in [-0.05, 0) is 11.5 Å². The van der Waals surface area contributed by atoms with Gasteiger partial charge in [0, 0.05) is 24.4 Å².